The quantitative estimate of drug-likeness (QED) is 0.730. The number of phenolic OH excluding ortho intramolecular Hbond substituents is 1. The van der Waals surface area contributed by atoms with Crippen LogP contribution in [0.1, 0.15) is 11.1 Å². The van der Waals surface area contributed by atoms with Crippen LogP contribution in [-0.2, 0) is 10.0 Å². The van der Waals surface area contributed by atoms with Crippen molar-refractivity contribution in [2.45, 2.75) is 13.8 Å². The summed E-state index contributed by atoms with van der Waals surface area (Å²) in [6.45, 7) is 3.80. The number of hydrogen-bond acceptors (Lipinski definition) is 5. The Morgan fingerprint density at radius 2 is 1.85 bits per heavy atom. The molecule has 1 heterocycles. The maximum atomic E-state index is 11.5. The molecule has 1 aromatic heterocycles. The number of nitrogens with zero attached hydrogens (tertiary/aromatic N) is 1. The number of nitrogens with one attached hydrogen (secondary N) is 1. The zero-order valence-corrected chi connectivity index (χ0v) is 15.8. The van der Waals surface area contributed by atoms with E-state index in [1.165, 1.54) is 7.11 Å². The molecule has 26 heavy (non-hydrogen) atoms. The van der Waals surface area contributed by atoms with Gasteiger partial charge in [-0.25, -0.2) is 13.4 Å². The molecule has 0 atom stereocenters. The van der Waals surface area contributed by atoms with E-state index in [0.29, 0.717) is 22.7 Å². The van der Waals surface area contributed by atoms with E-state index in [1.807, 2.05) is 19.9 Å². The fourth-order valence-corrected chi connectivity index (χ4v) is 3.51. The predicted molar refractivity (Wildman–Crippen MR) is 103 cm³/mol. The van der Waals surface area contributed by atoms with Crippen molar-refractivity contribution < 1.29 is 18.3 Å². The second-order valence-corrected chi connectivity index (χ2v) is 7.99. The maximum absolute atomic E-state index is 11.5. The van der Waals surface area contributed by atoms with Gasteiger partial charge in [0.2, 0.25) is 10.0 Å². The largest absolute Gasteiger partial charge is 0.504 e. The van der Waals surface area contributed by atoms with Gasteiger partial charge in [-0.15, -0.1) is 0 Å². The van der Waals surface area contributed by atoms with E-state index in [4.69, 9.17) is 4.74 Å². The number of methoxy groups -OCH3 is 1. The van der Waals surface area contributed by atoms with Crippen LogP contribution >= 0.6 is 0 Å². The molecule has 0 aliphatic rings. The minimum atomic E-state index is -3.36. The van der Waals surface area contributed by atoms with Gasteiger partial charge in [0.25, 0.3) is 0 Å². The monoisotopic (exact) mass is 372 g/mol. The van der Waals surface area contributed by atoms with Crippen LogP contribution in [0.15, 0.2) is 36.4 Å². The molecule has 2 aromatic carbocycles. The van der Waals surface area contributed by atoms with Gasteiger partial charge in [0, 0.05) is 16.6 Å². The molecule has 3 aromatic rings. The second kappa shape index (κ2) is 6.49. The molecule has 0 bridgehead atoms. The lowest BCUT2D eigenvalue weighted by Gasteiger charge is -2.13. The first-order chi connectivity index (χ1) is 12.2. The first-order valence-corrected chi connectivity index (χ1v) is 9.85. The number of aryl methyl sites for hydroxylation is 2. The average molecular weight is 372 g/mol. The summed E-state index contributed by atoms with van der Waals surface area (Å²) >= 11 is 0. The summed E-state index contributed by atoms with van der Waals surface area (Å²) in [5.74, 6) is 0.417. The number of hydrogen-bond donors (Lipinski definition) is 2. The third-order valence-electron chi connectivity index (χ3n) is 4.11. The number of pyridine rings is 1. The van der Waals surface area contributed by atoms with Gasteiger partial charge < -0.3 is 9.84 Å². The van der Waals surface area contributed by atoms with Crippen molar-refractivity contribution in [3.05, 3.63) is 47.5 Å². The summed E-state index contributed by atoms with van der Waals surface area (Å²) in [5, 5.41) is 11.3. The first kappa shape index (κ1) is 18.0. The van der Waals surface area contributed by atoms with E-state index in [1.54, 1.807) is 30.3 Å². The normalized spacial score (nSPS) is 11.5. The van der Waals surface area contributed by atoms with Crippen molar-refractivity contribution in [3.8, 4) is 22.8 Å². The van der Waals surface area contributed by atoms with Crippen molar-refractivity contribution in [2.75, 3.05) is 18.1 Å². The lowest BCUT2D eigenvalue weighted by atomic mass is 10.0. The van der Waals surface area contributed by atoms with Gasteiger partial charge in [-0.05, 0) is 55.3 Å². The van der Waals surface area contributed by atoms with Gasteiger partial charge in [0.1, 0.15) is 0 Å². The number of fused-ring (bicyclic) bond motifs is 1. The van der Waals surface area contributed by atoms with Crippen molar-refractivity contribution >= 4 is 26.6 Å². The molecule has 136 valence electrons. The van der Waals surface area contributed by atoms with Crippen LogP contribution in [0.5, 0.6) is 11.5 Å². The predicted octanol–water partition coefficient (Wildman–Crippen LogP) is 3.60. The van der Waals surface area contributed by atoms with Gasteiger partial charge in [0.05, 0.1) is 24.6 Å². The molecule has 0 saturated carbocycles. The van der Waals surface area contributed by atoms with Crippen LogP contribution < -0.4 is 9.46 Å². The third-order valence-corrected chi connectivity index (χ3v) is 4.72. The number of sulfonamides is 1. The number of rotatable bonds is 4. The molecule has 0 unspecified atom stereocenters. The zero-order valence-electron chi connectivity index (χ0n) is 15.0. The Labute approximate surface area is 152 Å². The molecular formula is C19H20N2O4S. The molecule has 0 aliphatic heterocycles. The molecule has 0 spiro atoms. The van der Waals surface area contributed by atoms with E-state index in [9.17, 15) is 13.5 Å². The topological polar surface area (TPSA) is 88.5 Å². The summed E-state index contributed by atoms with van der Waals surface area (Å²) < 4.78 is 30.7. The summed E-state index contributed by atoms with van der Waals surface area (Å²) in [6.07, 6.45) is 1.12. The van der Waals surface area contributed by atoms with Crippen LogP contribution in [0.3, 0.4) is 0 Å². The molecule has 2 N–H and O–H groups in total. The molecule has 7 heteroatoms. The Hall–Kier alpha value is -2.80. The molecule has 0 saturated heterocycles. The number of anilines is 1. The fraction of sp³-hybridized carbons (Fsp3) is 0.211. The Kier molecular flexibility index (Phi) is 4.50. The van der Waals surface area contributed by atoms with Crippen LogP contribution in [0.4, 0.5) is 5.69 Å². The molecular weight excluding hydrogens is 352 g/mol. The lowest BCUT2D eigenvalue weighted by Crippen LogP contribution is -2.09. The number of benzene rings is 2. The highest BCUT2D eigenvalue weighted by Crippen LogP contribution is 2.37. The van der Waals surface area contributed by atoms with Crippen molar-refractivity contribution in [2.24, 2.45) is 0 Å². The molecule has 0 amide bonds. The van der Waals surface area contributed by atoms with Crippen LogP contribution in [0, 0.1) is 13.8 Å². The van der Waals surface area contributed by atoms with Crippen LogP contribution in [-0.4, -0.2) is 31.9 Å². The van der Waals surface area contributed by atoms with E-state index in [-0.39, 0.29) is 5.75 Å². The fourth-order valence-electron chi connectivity index (χ4n) is 2.97. The Morgan fingerprint density at radius 3 is 2.50 bits per heavy atom. The number of ether oxygens (including phenoxy) is 1. The number of aromatic nitrogens is 1. The van der Waals surface area contributed by atoms with E-state index in [0.717, 1.165) is 28.3 Å². The standard InChI is InChI=1S/C19H20N2O4S/c1-11-9-16(14-6-5-7-17(25-3)19(14)22)20-18-12(2)8-13(10-15(11)18)21-26(4,23)24/h5-10,21-22H,1-4H3. The van der Waals surface area contributed by atoms with E-state index < -0.39 is 10.0 Å². The maximum Gasteiger partial charge on any atom is 0.229 e. The van der Waals surface area contributed by atoms with Gasteiger partial charge >= 0.3 is 0 Å². The zero-order chi connectivity index (χ0) is 19.1. The van der Waals surface area contributed by atoms with E-state index in [2.05, 4.69) is 9.71 Å². The molecule has 6 nitrogen and oxygen atoms in total. The highest BCUT2D eigenvalue weighted by molar-refractivity contribution is 7.92. The average Bonchev–Trinajstić information content (AvgIpc) is 2.54. The van der Waals surface area contributed by atoms with E-state index >= 15 is 0 Å². The SMILES string of the molecule is COc1cccc(-c2cc(C)c3cc(NS(C)(=O)=O)cc(C)c3n2)c1O. The van der Waals surface area contributed by atoms with Crippen LogP contribution in [0.25, 0.3) is 22.2 Å². The highest BCUT2D eigenvalue weighted by atomic mass is 32.2. The summed E-state index contributed by atoms with van der Waals surface area (Å²) in [7, 11) is -1.86. The van der Waals surface area contributed by atoms with Crippen molar-refractivity contribution in [1.29, 1.82) is 0 Å². The smallest absolute Gasteiger partial charge is 0.229 e. The molecule has 3 rings (SSSR count). The van der Waals surface area contributed by atoms with Crippen LogP contribution in [0.2, 0.25) is 0 Å². The molecule has 0 fully saturated rings. The number of aromatic hydroxyl groups is 1. The first-order valence-electron chi connectivity index (χ1n) is 7.95. The summed E-state index contributed by atoms with van der Waals surface area (Å²) in [6, 6.07) is 10.6. The Morgan fingerprint density at radius 1 is 1.12 bits per heavy atom. The van der Waals surface area contributed by atoms with Crippen molar-refractivity contribution in [3.63, 3.8) is 0 Å². The highest BCUT2D eigenvalue weighted by Gasteiger charge is 2.14. The van der Waals surface area contributed by atoms with Gasteiger partial charge in [-0.1, -0.05) is 6.07 Å². The summed E-state index contributed by atoms with van der Waals surface area (Å²) in [5.41, 5.74) is 4.21. The second-order valence-electron chi connectivity index (χ2n) is 6.24. The van der Waals surface area contributed by atoms with Crippen molar-refractivity contribution in [1.82, 2.24) is 4.98 Å². The Balaban J connectivity index is 2.21. The molecule has 0 radical (unpaired) electrons. The number of para-hydroxylation sites is 1. The van der Waals surface area contributed by atoms with Gasteiger partial charge in [-0.2, -0.15) is 0 Å². The summed E-state index contributed by atoms with van der Waals surface area (Å²) in [4.78, 5) is 4.69. The van der Waals surface area contributed by atoms with Gasteiger partial charge in [-0.3, -0.25) is 4.72 Å². The lowest BCUT2D eigenvalue weighted by molar-refractivity contribution is 0.374. The minimum absolute atomic E-state index is 0.0364. The minimum Gasteiger partial charge on any atom is -0.504 e. The third kappa shape index (κ3) is 3.43. The Bertz CT molecular complexity index is 1110. The van der Waals surface area contributed by atoms with Gasteiger partial charge in [0.15, 0.2) is 11.5 Å². The number of phenols is 1. The molecule has 0 aliphatic carbocycles.